The number of nitrogens with zero attached hydrogens (tertiary/aromatic N) is 1. The molecule has 1 heterocycles. The molecule has 2 unspecified atom stereocenters. The van der Waals surface area contributed by atoms with Crippen LogP contribution in [0.1, 0.15) is 12.1 Å². The van der Waals surface area contributed by atoms with Gasteiger partial charge in [-0.25, -0.2) is 0 Å². The van der Waals surface area contributed by atoms with E-state index in [4.69, 9.17) is 4.74 Å². The summed E-state index contributed by atoms with van der Waals surface area (Å²) in [6.07, 6.45) is 9.52. The number of hydrogen-bond donors (Lipinski definition) is 0. The zero-order valence-corrected chi connectivity index (χ0v) is 13.5. The third kappa shape index (κ3) is 3.70. The summed E-state index contributed by atoms with van der Waals surface area (Å²) >= 11 is 3.36. The Morgan fingerprint density at radius 3 is 2.60 bits per heavy atom. The Hall–Kier alpha value is -1.13. The molecule has 1 aliphatic carbocycles. The molecule has 0 bridgehead atoms. The van der Waals surface area contributed by atoms with Crippen LogP contribution >= 0.6 is 15.9 Å². The van der Waals surface area contributed by atoms with Gasteiger partial charge in [-0.2, -0.15) is 0 Å². The van der Waals surface area contributed by atoms with Gasteiger partial charge in [0.25, 0.3) is 5.56 Å². The number of halogens is 1. The molecule has 1 aromatic rings. The van der Waals surface area contributed by atoms with Crippen LogP contribution in [-0.2, 0) is 11.3 Å². The van der Waals surface area contributed by atoms with Crippen LogP contribution in [0.25, 0.3) is 0 Å². The first-order valence-corrected chi connectivity index (χ1v) is 7.62. The normalized spacial score (nSPS) is 21.4. The molecule has 4 heteroatoms. The van der Waals surface area contributed by atoms with Gasteiger partial charge < -0.3 is 9.30 Å². The minimum Gasteiger partial charge on any atom is -0.385 e. The highest BCUT2D eigenvalue weighted by molar-refractivity contribution is 9.10. The Bertz CT molecular complexity index is 574. The maximum atomic E-state index is 12.1. The van der Waals surface area contributed by atoms with Gasteiger partial charge in [-0.05, 0) is 25.3 Å². The number of pyridine rings is 1. The van der Waals surface area contributed by atoms with Crippen molar-refractivity contribution in [2.45, 2.75) is 19.9 Å². The number of hydrogen-bond acceptors (Lipinski definition) is 2. The molecule has 1 aromatic heterocycles. The van der Waals surface area contributed by atoms with Crippen LogP contribution in [0.4, 0.5) is 0 Å². The van der Waals surface area contributed by atoms with Gasteiger partial charge in [-0.15, -0.1) is 0 Å². The number of aryl methyl sites for hydroxylation is 1. The summed E-state index contributed by atoms with van der Waals surface area (Å²) in [4.78, 5) is 12.1. The van der Waals surface area contributed by atoms with Crippen molar-refractivity contribution in [3.05, 3.63) is 57.0 Å². The fraction of sp³-hybridized carbons (Fsp3) is 0.438. The third-order valence-corrected chi connectivity index (χ3v) is 4.18. The minimum atomic E-state index is 0.0466. The van der Waals surface area contributed by atoms with Gasteiger partial charge >= 0.3 is 0 Å². The number of allylic oxidation sites excluding steroid dienone is 4. The van der Waals surface area contributed by atoms with Crippen LogP contribution in [0.3, 0.4) is 0 Å². The molecular formula is C16H20BrNO2. The van der Waals surface area contributed by atoms with Crippen molar-refractivity contribution in [1.29, 1.82) is 0 Å². The molecule has 2 atom stereocenters. The van der Waals surface area contributed by atoms with Crippen molar-refractivity contribution in [1.82, 2.24) is 4.57 Å². The Balaban J connectivity index is 2.18. The van der Waals surface area contributed by atoms with Crippen LogP contribution in [0, 0.1) is 18.8 Å². The van der Waals surface area contributed by atoms with E-state index in [0.29, 0.717) is 18.4 Å². The molecule has 0 aromatic carbocycles. The predicted octanol–water partition coefficient (Wildman–Crippen LogP) is 3.31. The quantitative estimate of drug-likeness (QED) is 0.825. The van der Waals surface area contributed by atoms with E-state index in [9.17, 15) is 4.79 Å². The fourth-order valence-corrected chi connectivity index (χ4v) is 3.12. The average molecular weight is 338 g/mol. The van der Waals surface area contributed by atoms with E-state index in [2.05, 4.69) is 40.2 Å². The standard InChI is InChI=1S/C16H20BrNO2/c1-12-9-15(17)10-16(19)18(12)11-14-6-4-3-5-13(14)7-8-20-2/h3-6,9-10,13-14H,7-8,11H2,1-2H3. The molecule has 3 nitrogen and oxygen atoms in total. The number of aromatic nitrogens is 1. The maximum Gasteiger partial charge on any atom is 0.251 e. The van der Waals surface area contributed by atoms with E-state index < -0.39 is 0 Å². The summed E-state index contributed by atoms with van der Waals surface area (Å²) in [7, 11) is 1.72. The Labute approximate surface area is 128 Å². The van der Waals surface area contributed by atoms with E-state index in [0.717, 1.165) is 23.2 Å². The Kier molecular flexibility index (Phi) is 5.38. The van der Waals surface area contributed by atoms with Crippen molar-refractivity contribution in [3.8, 4) is 0 Å². The van der Waals surface area contributed by atoms with E-state index >= 15 is 0 Å². The summed E-state index contributed by atoms with van der Waals surface area (Å²) in [5, 5.41) is 0. The van der Waals surface area contributed by atoms with Crippen LogP contribution in [0.15, 0.2) is 45.7 Å². The monoisotopic (exact) mass is 337 g/mol. The molecule has 2 rings (SSSR count). The second-order valence-corrected chi connectivity index (χ2v) is 6.06. The lowest BCUT2D eigenvalue weighted by Crippen LogP contribution is -2.28. The predicted molar refractivity (Wildman–Crippen MR) is 84.9 cm³/mol. The van der Waals surface area contributed by atoms with Crippen molar-refractivity contribution < 1.29 is 4.74 Å². The molecule has 0 N–H and O–H groups in total. The van der Waals surface area contributed by atoms with Crippen molar-refractivity contribution >= 4 is 15.9 Å². The molecule has 0 aliphatic heterocycles. The first-order valence-electron chi connectivity index (χ1n) is 6.82. The lowest BCUT2D eigenvalue weighted by molar-refractivity contribution is 0.174. The zero-order chi connectivity index (χ0) is 14.5. The number of methoxy groups -OCH3 is 1. The molecule has 108 valence electrons. The number of rotatable bonds is 5. The smallest absolute Gasteiger partial charge is 0.251 e. The van der Waals surface area contributed by atoms with Gasteiger partial charge in [0.1, 0.15) is 0 Å². The summed E-state index contributed by atoms with van der Waals surface area (Å²) in [6.45, 7) is 3.43. The van der Waals surface area contributed by atoms with Crippen molar-refractivity contribution in [2.24, 2.45) is 11.8 Å². The van der Waals surface area contributed by atoms with Gasteiger partial charge in [0.05, 0.1) is 0 Å². The van der Waals surface area contributed by atoms with Crippen LogP contribution < -0.4 is 5.56 Å². The Morgan fingerprint density at radius 2 is 1.95 bits per heavy atom. The van der Waals surface area contributed by atoms with Gasteiger partial charge in [-0.3, -0.25) is 4.79 Å². The third-order valence-electron chi connectivity index (χ3n) is 3.73. The molecule has 0 amide bonds. The molecule has 0 radical (unpaired) electrons. The second kappa shape index (κ2) is 7.04. The van der Waals surface area contributed by atoms with Crippen LogP contribution in [0.2, 0.25) is 0 Å². The van der Waals surface area contributed by atoms with E-state index in [1.807, 2.05) is 17.6 Å². The molecule has 0 fully saturated rings. The van der Waals surface area contributed by atoms with Crippen molar-refractivity contribution in [3.63, 3.8) is 0 Å². The molecule has 20 heavy (non-hydrogen) atoms. The summed E-state index contributed by atoms with van der Waals surface area (Å²) in [5.74, 6) is 0.766. The van der Waals surface area contributed by atoms with E-state index in [-0.39, 0.29) is 5.56 Å². The second-order valence-electron chi connectivity index (χ2n) is 5.14. The highest BCUT2D eigenvalue weighted by Crippen LogP contribution is 2.25. The van der Waals surface area contributed by atoms with Gasteiger partial charge in [-0.1, -0.05) is 40.2 Å². The lowest BCUT2D eigenvalue weighted by Gasteiger charge is -2.25. The fourth-order valence-electron chi connectivity index (χ4n) is 2.59. The van der Waals surface area contributed by atoms with Crippen LogP contribution in [0.5, 0.6) is 0 Å². The highest BCUT2D eigenvalue weighted by atomic mass is 79.9. The Morgan fingerprint density at radius 1 is 1.25 bits per heavy atom. The first kappa shape index (κ1) is 15.3. The van der Waals surface area contributed by atoms with Gasteiger partial charge in [0, 0.05) is 42.4 Å². The molecule has 0 saturated carbocycles. The lowest BCUT2D eigenvalue weighted by atomic mass is 9.86. The summed E-state index contributed by atoms with van der Waals surface area (Å²) in [5.41, 5.74) is 1.03. The topological polar surface area (TPSA) is 31.2 Å². The minimum absolute atomic E-state index is 0.0466. The van der Waals surface area contributed by atoms with Crippen LogP contribution in [-0.4, -0.2) is 18.3 Å². The highest BCUT2D eigenvalue weighted by Gasteiger charge is 2.20. The van der Waals surface area contributed by atoms with Crippen molar-refractivity contribution in [2.75, 3.05) is 13.7 Å². The zero-order valence-electron chi connectivity index (χ0n) is 11.9. The maximum absolute atomic E-state index is 12.1. The largest absolute Gasteiger partial charge is 0.385 e. The molecule has 0 spiro atoms. The summed E-state index contributed by atoms with van der Waals surface area (Å²) < 4.78 is 7.86. The first-order chi connectivity index (χ1) is 9.61. The number of ether oxygens (including phenoxy) is 1. The molecule has 1 aliphatic rings. The SMILES string of the molecule is COCCC1C=CC=CC1Cn1c(C)cc(Br)cc1=O. The summed E-state index contributed by atoms with van der Waals surface area (Å²) in [6, 6.07) is 3.60. The van der Waals surface area contributed by atoms with E-state index in [1.54, 1.807) is 13.2 Å². The molecule has 0 saturated heterocycles. The average Bonchev–Trinajstić information content (AvgIpc) is 2.41. The molecular weight excluding hydrogens is 318 g/mol. The van der Waals surface area contributed by atoms with Gasteiger partial charge in [0.2, 0.25) is 0 Å². The van der Waals surface area contributed by atoms with Gasteiger partial charge in [0.15, 0.2) is 0 Å². The van der Waals surface area contributed by atoms with E-state index in [1.165, 1.54) is 0 Å².